The number of benzene rings is 2. The highest BCUT2D eigenvalue weighted by atomic mass is 32.2. The Morgan fingerprint density at radius 2 is 1.70 bits per heavy atom. The van der Waals surface area contributed by atoms with E-state index in [1.54, 1.807) is 0 Å². The Hall–Kier alpha value is -2.50. The van der Waals surface area contributed by atoms with Crippen LogP contribution in [0.2, 0.25) is 0 Å². The van der Waals surface area contributed by atoms with Crippen LogP contribution in [0.15, 0.2) is 47.4 Å². The maximum absolute atomic E-state index is 14.2. The normalized spacial score (nSPS) is 15.7. The molecule has 0 radical (unpaired) electrons. The lowest BCUT2D eigenvalue weighted by Gasteiger charge is -2.26. The van der Waals surface area contributed by atoms with Gasteiger partial charge in [-0.3, -0.25) is 0 Å². The summed E-state index contributed by atoms with van der Waals surface area (Å²) < 4.78 is 88.4. The largest absolute Gasteiger partial charge is 0.457 e. The zero-order chi connectivity index (χ0) is 21.9. The molecule has 0 spiro atoms. The van der Waals surface area contributed by atoms with Gasteiger partial charge in [0.05, 0.1) is 24.3 Å². The van der Waals surface area contributed by atoms with Gasteiger partial charge in [0.1, 0.15) is 17.3 Å². The number of rotatable bonds is 5. The van der Waals surface area contributed by atoms with Gasteiger partial charge in [0.15, 0.2) is 0 Å². The molecular formula is C19H17F4NO5S. The number of ether oxygens (including phenoxy) is 2. The van der Waals surface area contributed by atoms with Gasteiger partial charge in [-0.25, -0.2) is 17.6 Å². The van der Waals surface area contributed by atoms with E-state index in [0.717, 1.165) is 46.8 Å². The Bertz CT molecular complexity index is 1020. The standard InChI is InChI=1S/C19H17F4NO5S/c20-16-6-3-14(11-17(16)30(26,27)24-7-9-28-10-8-24)18(25)29-12-13-1-4-15(5-2-13)19(21,22)23/h1-6,11H,7-10,12H2. The van der Waals surface area contributed by atoms with E-state index >= 15 is 0 Å². The van der Waals surface area contributed by atoms with Crippen LogP contribution in [0.25, 0.3) is 0 Å². The molecule has 0 aromatic heterocycles. The molecule has 162 valence electrons. The Morgan fingerprint density at radius 1 is 1.07 bits per heavy atom. The molecule has 2 aromatic rings. The molecule has 0 aliphatic carbocycles. The molecule has 2 aromatic carbocycles. The number of alkyl halides is 3. The first kappa shape index (κ1) is 22.2. The third-order valence-corrected chi connectivity index (χ3v) is 6.32. The van der Waals surface area contributed by atoms with Crippen molar-refractivity contribution in [1.29, 1.82) is 0 Å². The minimum absolute atomic E-state index is 0.0599. The fourth-order valence-electron chi connectivity index (χ4n) is 2.78. The predicted octanol–water partition coefficient (Wildman–Crippen LogP) is 3.22. The maximum Gasteiger partial charge on any atom is 0.416 e. The summed E-state index contributed by atoms with van der Waals surface area (Å²) in [5, 5.41) is 0. The molecular weight excluding hydrogens is 430 g/mol. The second-order valence-corrected chi connectivity index (χ2v) is 8.34. The molecule has 0 unspecified atom stereocenters. The molecule has 0 atom stereocenters. The fourth-order valence-corrected chi connectivity index (χ4v) is 4.27. The van der Waals surface area contributed by atoms with E-state index in [1.807, 2.05) is 0 Å². The lowest BCUT2D eigenvalue weighted by molar-refractivity contribution is -0.137. The van der Waals surface area contributed by atoms with Crippen LogP contribution < -0.4 is 0 Å². The lowest BCUT2D eigenvalue weighted by Crippen LogP contribution is -2.41. The molecule has 1 aliphatic heterocycles. The van der Waals surface area contributed by atoms with Crippen LogP contribution in [0.1, 0.15) is 21.5 Å². The van der Waals surface area contributed by atoms with Crippen LogP contribution in [0.5, 0.6) is 0 Å². The van der Waals surface area contributed by atoms with Gasteiger partial charge in [-0.2, -0.15) is 17.5 Å². The van der Waals surface area contributed by atoms with E-state index in [1.165, 1.54) is 0 Å². The van der Waals surface area contributed by atoms with Crippen molar-refractivity contribution in [2.24, 2.45) is 0 Å². The summed E-state index contributed by atoms with van der Waals surface area (Å²) in [6.07, 6.45) is -4.48. The molecule has 0 amide bonds. The van der Waals surface area contributed by atoms with E-state index in [0.29, 0.717) is 5.56 Å². The van der Waals surface area contributed by atoms with Crippen molar-refractivity contribution in [2.75, 3.05) is 26.3 Å². The van der Waals surface area contributed by atoms with Crippen LogP contribution >= 0.6 is 0 Å². The molecule has 0 bridgehead atoms. The monoisotopic (exact) mass is 447 g/mol. The van der Waals surface area contributed by atoms with Crippen molar-refractivity contribution in [2.45, 2.75) is 17.7 Å². The Kier molecular flexibility index (Phi) is 6.44. The highest BCUT2D eigenvalue weighted by molar-refractivity contribution is 7.89. The second kappa shape index (κ2) is 8.70. The molecule has 3 rings (SSSR count). The van der Waals surface area contributed by atoms with Crippen molar-refractivity contribution in [3.05, 3.63) is 65.0 Å². The van der Waals surface area contributed by atoms with Crippen LogP contribution in [0.4, 0.5) is 17.6 Å². The van der Waals surface area contributed by atoms with Gasteiger partial charge in [-0.1, -0.05) is 12.1 Å². The van der Waals surface area contributed by atoms with Gasteiger partial charge in [0, 0.05) is 13.1 Å². The number of morpholine rings is 1. The van der Waals surface area contributed by atoms with Crippen molar-refractivity contribution < 1.29 is 40.2 Å². The molecule has 1 heterocycles. The molecule has 1 aliphatic rings. The summed E-state index contributed by atoms with van der Waals surface area (Å²) in [4.78, 5) is 11.6. The molecule has 0 N–H and O–H groups in total. The van der Waals surface area contributed by atoms with Crippen LogP contribution in [-0.2, 0) is 32.3 Å². The minimum Gasteiger partial charge on any atom is -0.457 e. The summed E-state index contributed by atoms with van der Waals surface area (Å²) in [7, 11) is -4.17. The van der Waals surface area contributed by atoms with Crippen LogP contribution in [-0.4, -0.2) is 45.0 Å². The Balaban J connectivity index is 1.73. The van der Waals surface area contributed by atoms with E-state index in [4.69, 9.17) is 9.47 Å². The van der Waals surface area contributed by atoms with Crippen molar-refractivity contribution in [1.82, 2.24) is 4.31 Å². The summed E-state index contributed by atoms with van der Waals surface area (Å²) in [6.45, 7) is 0.139. The number of esters is 1. The van der Waals surface area contributed by atoms with Crippen molar-refractivity contribution in [3.8, 4) is 0 Å². The quantitative estimate of drug-likeness (QED) is 0.520. The predicted molar refractivity (Wildman–Crippen MR) is 96.5 cm³/mol. The topological polar surface area (TPSA) is 72.9 Å². The molecule has 6 nitrogen and oxygen atoms in total. The molecule has 0 saturated carbocycles. The molecule has 1 saturated heterocycles. The van der Waals surface area contributed by atoms with Gasteiger partial charge in [-0.05, 0) is 35.9 Å². The zero-order valence-corrected chi connectivity index (χ0v) is 16.3. The first-order valence-electron chi connectivity index (χ1n) is 8.80. The Labute approximate surface area is 170 Å². The van der Waals surface area contributed by atoms with Crippen molar-refractivity contribution in [3.63, 3.8) is 0 Å². The van der Waals surface area contributed by atoms with Gasteiger partial charge in [-0.15, -0.1) is 0 Å². The van der Waals surface area contributed by atoms with E-state index in [2.05, 4.69) is 0 Å². The minimum atomic E-state index is -4.48. The van der Waals surface area contributed by atoms with Gasteiger partial charge in [0.2, 0.25) is 10.0 Å². The molecule has 11 heteroatoms. The number of carbonyl (C=O) groups excluding carboxylic acids is 1. The van der Waals surface area contributed by atoms with Crippen LogP contribution in [0, 0.1) is 5.82 Å². The summed E-state index contributed by atoms with van der Waals surface area (Å²) >= 11 is 0. The first-order valence-corrected chi connectivity index (χ1v) is 10.2. The fraction of sp³-hybridized carbons (Fsp3) is 0.316. The number of sulfonamides is 1. The van der Waals surface area contributed by atoms with Gasteiger partial charge >= 0.3 is 12.1 Å². The Morgan fingerprint density at radius 3 is 2.30 bits per heavy atom. The third-order valence-electron chi connectivity index (χ3n) is 4.41. The van der Waals surface area contributed by atoms with Crippen molar-refractivity contribution >= 4 is 16.0 Å². The number of halogens is 4. The molecule has 30 heavy (non-hydrogen) atoms. The smallest absolute Gasteiger partial charge is 0.416 e. The van der Waals surface area contributed by atoms with E-state index in [-0.39, 0.29) is 38.5 Å². The number of hydrogen-bond donors (Lipinski definition) is 0. The third kappa shape index (κ3) is 4.97. The SMILES string of the molecule is O=C(OCc1ccc(C(F)(F)F)cc1)c1ccc(F)c(S(=O)(=O)N2CCOCC2)c1. The highest BCUT2D eigenvalue weighted by Gasteiger charge is 2.31. The maximum atomic E-state index is 14.2. The van der Waals surface area contributed by atoms with Crippen LogP contribution in [0.3, 0.4) is 0 Å². The van der Waals surface area contributed by atoms with E-state index in [9.17, 15) is 30.8 Å². The van der Waals surface area contributed by atoms with Gasteiger partial charge < -0.3 is 9.47 Å². The number of carbonyl (C=O) groups is 1. The lowest BCUT2D eigenvalue weighted by atomic mass is 10.1. The molecule has 1 fully saturated rings. The first-order chi connectivity index (χ1) is 14.1. The summed E-state index contributed by atoms with van der Waals surface area (Å²) in [6, 6.07) is 6.84. The zero-order valence-electron chi connectivity index (χ0n) is 15.5. The summed E-state index contributed by atoms with van der Waals surface area (Å²) in [5.41, 5.74) is -0.733. The number of hydrogen-bond acceptors (Lipinski definition) is 5. The van der Waals surface area contributed by atoms with E-state index < -0.39 is 38.4 Å². The number of nitrogens with zero attached hydrogens (tertiary/aromatic N) is 1. The average Bonchev–Trinajstić information content (AvgIpc) is 2.72. The summed E-state index contributed by atoms with van der Waals surface area (Å²) in [5.74, 6) is -1.95. The highest BCUT2D eigenvalue weighted by Crippen LogP contribution is 2.29. The average molecular weight is 447 g/mol. The second-order valence-electron chi connectivity index (χ2n) is 6.43. The van der Waals surface area contributed by atoms with Gasteiger partial charge in [0.25, 0.3) is 0 Å².